The Morgan fingerprint density at radius 3 is 3.00 bits per heavy atom. The average Bonchev–Trinajstić information content (AvgIpc) is 2.47. The van der Waals surface area contributed by atoms with Gasteiger partial charge in [0, 0.05) is 19.8 Å². The number of likely N-dealkylation sites (tertiary alicyclic amines) is 1. The van der Waals surface area contributed by atoms with Crippen LogP contribution in [0.3, 0.4) is 0 Å². The molecule has 0 radical (unpaired) electrons. The van der Waals surface area contributed by atoms with Crippen molar-refractivity contribution in [2.75, 3.05) is 26.8 Å². The fourth-order valence-electron chi connectivity index (χ4n) is 1.89. The summed E-state index contributed by atoms with van der Waals surface area (Å²) in [6, 6.07) is 0.806. The van der Waals surface area contributed by atoms with Crippen LogP contribution in [0.15, 0.2) is 0 Å². The van der Waals surface area contributed by atoms with Gasteiger partial charge >= 0.3 is 0 Å². The highest BCUT2D eigenvalue weighted by atomic mass is 16.5. The smallest absolute Gasteiger partial charge is 0.0477 e. The molecule has 0 bridgehead atoms. The summed E-state index contributed by atoms with van der Waals surface area (Å²) >= 11 is 0. The fourth-order valence-corrected chi connectivity index (χ4v) is 1.89. The Hall–Kier alpha value is -0.0800. The Kier molecular flexibility index (Phi) is 3.87. The maximum absolute atomic E-state index is 5.07. The maximum Gasteiger partial charge on any atom is 0.0477 e. The molecule has 0 aromatic rings. The van der Waals surface area contributed by atoms with Crippen LogP contribution in [0.1, 0.15) is 26.2 Å². The molecule has 0 unspecified atom stereocenters. The van der Waals surface area contributed by atoms with Gasteiger partial charge in [0.2, 0.25) is 0 Å². The predicted molar refractivity (Wildman–Crippen MR) is 46.8 cm³/mol. The molecule has 1 atom stereocenters. The van der Waals surface area contributed by atoms with Gasteiger partial charge in [-0.15, -0.1) is 0 Å². The Labute approximate surface area is 69.5 Å². The van der Waals surface area contributed by atoms with Crippen LogP contribution < -0.4 is 0 Å². The quantitative estimate of drug-likeness (QED) is 0.613. The molecule has 66 valence electrons. The Balaban J connectivity index is 2.20. The van der Waals surface area contributed by atoms with Gasteiger partial charge in [0.05, 0.1) is 0 Å². The molecule has 0 amide bonds. The monoisotopic (exact) mass is 157 g/mol. The van der Waals surface area contributed by atoms with E-state index in [0.29, 0.717) is 0 Å². The first kappa shape index (κ1) is 9.01. The van der Waals surface area contributed by atoms with Crippen molar-refractivity contribution in [3.8, 4) is 0 Å². The zero-order valence-electron chi connectivity index (χ0n) is 7.68. The minimum atomic E-state index is 0.806. The highest BCUT2D eigenvalue weighted by Crippen LogP contribution is 2.18. The molecule has 2 heteroatoms. The van der Waals surface area contributed by atoms with Crippen molar-refractivity contribution in [1.29, 1.82) is 0 Å². The van der Waals surface area contributed by atoms with Gasteiger partial charge in [0.1, 0.15) is 0 Å². The van der Waals surface area contributed by atoms with Gasteiger partial charge in [-0.05, 0) is 32.4 Å². The van der Waals surface area contributed by atoms with Crippen LogP contribution in [-0.2, 0) is 4.74 Å². The minimum absolute atomic E-state index is 0.806. The standard InChI is InChI=1S/C9H19NO/c1-3-10-7-4-5-9(10)6-8-11-2/h9H,3-8H2,1-2H3/t9-/m0/s1. The summed E-state index contributed by atoms with van der Waals surface area (Å²) in [5, 5.41) is 0. The highest BCUT2D eigenvalue weighted by Gasteiger charge is 2.21. The van der Waals surface area contributed by atoms with E-state index in [4.69, 9.17) is 4.74 Å². The maximum atomic E-state index is 5.07. The van der Waals surface area contributed by atoms with Gasteiger partial charge in [-0.3, -0.25) is 0 Å². The van der Waals surface area contributed by atoms with E-state index in [1.165, 1.54) is 32.4 Å². The molecule has 0 spiro atoms. The lowest BCUT2D eigenvalue weighted by Crippen LogP contribution is -2.29. The average molecular weight is 157 g/mol. The predicted octanol–water partition coefficient (Wildman–Crippen LogP) is 1.51. The van der Waals surface area contributed by atoms with E-state index < -0.39 is 0 Å². The topological polar surface area (TPSA) is 12.5 Å². The molecule has 1 rings (SSSR count). The third kappa shape index (κ3) is 2.46. The van der Waals surface area contributed by atoms with Gasteiger partial charge in [-0.2, -0.15) is 0 Å². The van der Waals surface area contributed by atoms with E-state index in [9.17, 15) is 0 Å². The van der Waals surface area contributed by atoms with Gasteiger partial charge in [0.15, 0.2) is 0 Å². The molecular formula is C9H19NO. The van der Waals surface area contributed by atoms with Crippen molar-refractivity contribution in [1.82, 2.24) is 4.90 Å². The zero-order chi connectivity index (χ0) is 8.10. The second kappa shape index (κ2) is 4.73. The normalized spacial score (nSPS) is 26.2. The number of ether oxygens (including phenoxy) is 1. The second-order valence-corrected chi connectivity index (χ2v) is 3.21. The van der Waals surface area contributed by atoms with Crippen LogP contribution in [0.25, 0.3) is 0 Å². The molecule has 1 aliphatic heterocycles. The first-order valence-electron chi connectivity index (χ1n) is 4.61. The third-order valence-electron chi connectivity index (χ3n) is 2.56. The van der Waals surface area contributed by atoms with Gasteiger partial charge in [-0.1, -0.05) is 6.92 Å². The summed E-state index contributed by atoms with van der Waals surface area (Å²) < 4.78 is 5.07. The molecule has 1 saturated heterocycles. The van der Waals surface area contributed by atoms with Crippen LogP contribution in [0.4, 0.5) is 0 Å². The largest absolute Gasteiger partial charge is 0.385 e. The summed E-state index contributed by atoms with van der Waals surface area (Å²) in [5.41, 5.74) is 0. The fraction of sp³-hybridized carbons (Fsp3) is 1.00. The molecule has 0 aliphatic carbocycles. The molecule has 2 nitrogen and oxygen atoms in total. The zero-order valence-corrected chi connectivity index (χ0v) is 7.68. The summed E-state index contributed by atoms with van der Waals surface area (Å²) in [7, 11) is 1.78. The number of hydrogen-bond acceptors (Lipinski definition) is 2. The Morgan fingerprint density at radius 1 is 1.55 bits per heavy atom. The van der Waals surface area contributed by atoms with E-state index in [0.717, 1.165) is 12.6 Å². The number of nitrogens with zero attached hydrogens (tertiary/aromatic N) is 1. The molecule has 1 fully saturated rings. The summed E-state index contributed by atoms with van der Waals surface area (Å²) in [6.07, 6.45) is 3.96. The first-order chi connectivity index (χ1) is 5.38. The molecule has 11 heavy (non-hydrogen) atoms. The van der Waals surface area contributed by atoms with Crippen molar-refractivity contribution < 1.29 is 4.74 Å². The van der Waals surface area contributed by atoms with Crippen molar-refractivity contribution in [3.05, 3.63) is 0 Å². The van der Waals surface area contributed by atoms with Crippen LogP contribution in [-0.4, -0.2) is 37.7 Å². The molecule has 1 aliphatic rings. The van der Waals surface area contributed by atoms with E-state index in [-0.39, 0.29) is 0 Å². The molecule has 0 aromatic heterocycles. The van der Waals surface area contributed by atoms with E-state index in [1.807, 2.05) is 0 Å². The second-order valence-electron chi connectivity index (χ2n) is 3.21. The van der Waals surface area contributed by atoms with Crippen LogP contribution >= 0.6 is 0 Å². The first-order valence-corrected chi connectivity index (χ1v) is 4.61. The van der Waals surface area contributed by atoms with Crippen LogP contribution in [0.5, 0.6) is 0 Å². The number of hydrogen-bond donors (Lipinski definition) is 0. The lowest BCUT2D eigenvalue weighted by molar-refractivity contribution is 0.155. The molecule has 0 aromatic carbocycles. The molecule has 0 N–H and O–H groups in total. The van der Waals surface area contributed by atoms with Crippen LogP contribution in [0, 0.1) is 0 Å². The lowest BCUT2D eigenvalue weighted by atomic mass is 10.1. The molecule has 1 heterocycles. The van der Waals surface area contributed by atoms with E-state index in [2.05, 4.69) is 11.8 Å². The summed E-state index contributed by atoms with van der Waals surface area (Å²) in [6.45, 7) is 5.66. The minimum Gasteiger partial charge on any atom is -0.385 e. The van der Waals surface area contributed by atoms with Crippen molar-refractivity contribution >= 4 is 0 Å². The SMILES string of the molecule is CCN1CCC[C@H]1CCOC. The Bertz CT molecular complexity index is 106. The van der Waals surface area contributed by atoms with Gasteiger partial charge < -0.3 is 9.64 Å². The van der Waals surface area contributed by atoms with Crippen molar-refractivity contribution in [3.63, 3.8) is 0 Å². The Morgan fingerprint density at radius 2 is 2.36 bits per heavy atom. The highest BCUT2D eigenvalue weighted by molar-refractivity contribution is 4.77. The van der Waals surface area contributed by atoms with Crippen molar-refractivity contribution in [2.24, 2.45) is 0 Å². The lowest BCUT2D eigenvalue weighted by Gasteiger charge is -2.21. The number of rotatable bonds is 4. The van der Waals surface area contributed by atoms with E-state index in [1.54, 1.807) is 7.11 Å². The van der Waals surface area contributed by atoms with Crippen LogP contribution in [0.2, 0.25) is 0 Å². The van der Waals surface area contributed by atoms with E-state index >= 15 is 0 Å². The van der Waals surface area contributed by atoms with Gasteiger partial charge in [-0.25, -0.2) is 0 Å². The third-order valence-corrected chi connectivity index (χ3v) is 2.56. The summed E-state index contributed by atoms with van der Waals surface area (Å²) in [4.78, 5) is 2.55. The summed E-state index contributed by atoms with van der Waals surface area (Å²) in [5.74, 6) is 0. The molecular weight excluding hydrogens is 138 g/mol. The van der Waals surface area contributed by atoms with Gasteiger partial charge in [0.25, 0.3) is 0 Å². The molecule has 0 saturated carbocycles. The number of methoxy groups -OCH3 is 1. The van der Waals surface area contributed by atoms with Crippen molar-refractivity contribution in [2.45, 2.75) is 32.2 Å².